The van der Waals surface area contributed by atoms with Gasteiger partial charge in [-0.2, -0.15) is 0 Å². The maximum atomic E-state index is 3.61. The molecule has 6 atom stereocenters. The fourth-order valence-corrected chi connectivity index (χ4v) is 15.2. The predicted molar refractivity (Wildman–Crippen MR) is 88.8 cm³/mol. The summed E-state index contributed by atoms with van der Waals surface area (Å²) in [5, 5.41) is 3.61. The van der Waals surface area contributed by atoms with Crippen molar-refractivity contribution >= 4 is 19.8 Å². The minimum atomic E-state index is -0.637. The van der Waals surface area contributed by atoms with Crippen LogP contribution in [0.15, 0.2) is 0 Å². The van der Waals surface area contributed by atoms with E-state index in [9.17, 15) is 0 Å². The molecule has 2 unspecified atom stereocenters. The molecule has 0 spiro atoms. The molecule has 0 amide bonds. The van der Waals surface area contributed by atoms with E-state index in [1.807, 2.05) is 0 Å². The van der Waals surface area contributed by atoms with Crippen molar-refractivity contribution in [1.82, 2.24) is 5.32 Å². The summed E-state index contributed by atoms with van der Waals surface area (Å²) in [4.78, 5) is 0. The van der Waals surface area contributed by atoms with E-state index >= 15 is 0 Å². The van der Waals surface area contributed by atoms with E-state index in [2.05, 4.69) is 26.2 Å². The Morgan fingerprint density at radius 2 is 1.89 bits per heavy atom. The van der Waals surface area contributed by atoms with Crippen LogP contribution in [-0.4, -0.2) is 25.4 Å². The fraction of sp³-hybridized carbons (Fsp3) is 1.00. The quantitative estimate of drug-likeness (QED) is 0.576. The zero-order valence-electron chi connectivity index (χ0n) is 12.3. The second kappa shape index (κ2) is 5.59. The zero-order valence-corrected chi connectivity index (χ0v) is 14.4. The normalized spacial score (nSPS) is 49.8. The molecule has 3 fully saturated rings. The van der Waals surface area contributed by atoms with E-state index in [-0.39, 0.29) is 0 Å². The molecule has 18 heavy (non-hydrogen) atoms. The van der Waals surface area contributed by atoms with Gasteiger partial charge in [-0.1, -0.05) is 0 Å². The van der Waals surface area contributed by atoms with E-state index in [1.54, 1.807) is 30.1 Å². The molecule has 2 saturated heterocycles. The summed E-state index contributed by atoms with van der Waals surface area (Å²) in [7, 11) is 2.19. The fourth-order valence-electron chi connectivity index (χ4n) is 5.06. The molecule has 0 aromatic rings. The van der Waals surface area contributed by atoms with Gasteiger partial charge in [0.1, 0.15) is 0 Å². The van der Waals surface area contributed by atoms with Crippen LogP contribution in [0.25, 0.3) is 0 Å². The molecule has 0 radical (unpaired) electrons. The summed E-state index contributed by atoms with van der Waals surface area (Å²) in [6, 6.07) is 0.868. The second-order valence-electron chi connectivity index (χ2n) is 6.65. The first-order valence-electron chi connectivity index (χ1n) is 8.06. The first-order chi connectivity index (χ1) is 8.76. The summed E-state index contributed by atoms with van der Waals surface area (Å²) < 4.78 is 4.09. The third kappa shape index (κ3) is 2.15. The van der Waals surface area contributed by atoms with Crippen molar-refractivity contribution < 1.29 is 0 Å². The van der Waals surface area contributed by atoms with Crippen LogP contribution in [0.3, 0.4) is 0 Å². The topological polar surface area (TPSA) is 12.0 Å². The van der Waals surface area contributed by atoms with Crippen molar-refractivity contribution in [1.29, 1.82) is 0 Å². The van der Waals surface area contributed by atoms with Gasteiger partial charge in [0.15, 0.2) is 0 Å². The van der Waals surface area contributed by atoms with Crippen molar-refractivity contribution in [2.75, 3.05) is 11.5 Å². The molecule has 2 heteroatoms. The third-order valence-corrected chi connectivity index (χ3v) is 15.2. The SMILES string of the molecule is CC[C@H]1CCC2[C@H]3CCC(NC)[C@H]3CCI2[C@H]1C. The van der Waals surface area contributed by atoms with E-state index < -0.39 is 19.8 Å². The number of halogens is 1. The van der Waals surface area contributed by atoms with E-state index in [0.29, 0.717) is 0 Å². The van der Waals surface area contributed by atoms with Gasteiger partial charge >= 0.3 is 121 Å². The van der Waals surface area contributed by atoms with Crippen LogP contribution in [0, 0.1) is 17.8 Å². The molecule has 0 aromatic heterocycles. The van der Waals surface area contributed by atoms with Crippen LogP contribution in [0.5, 0.6) is 0 Å². The zero-order chi connectivity index (χ0) is 12.7. The molecule has 3 aliphatic rings. The summed E-state index contributed by atoms with van der Waals surface area (Å²) in [5.41, 5.74) is 0. The number of alkyl halides is 3. The van der Waals surface area contributed by atoms with E-state index in [4.69, 9.17) is 0 Å². The molecule has 1 N–H and O–H groups in total. The molecule has 1 nitrogen and oxygen atoms in total. The van der Waals surface area contributed by atoms with Crippen molar-refractivity contribution in [2.45, 2.75) is 66.3 Å². The molecule has 3 rings (SSSR count). The van der Waals surface area contributed by atoms with Crippen molar-refractivity contribution in [3.8, 4) is 0 Å². The summed E-state index contributed by atoms with van der Waals surface area (Å²) in [6.45, 7) is 5.06. The maximum absolute atomic E-state index is 3.61. The monoisotopic (exact) mass is 363 g/mol. The number of rotatable bonds is 2. The van der Waals surface area contributed by atoms with Crippen LogP contribution >= 0.6 is 19.8 Å². The molecule has 1 saturated carbocycles. The van der Waals surface area contributed by atoms with Gasteiger partial charge < -0.3 is 0 Å². The van der Waals surface area contributed by atoms with E-state index in [1.165, 1.54) is 16.8 Å². The van der Waals surface area contributed by atoms with Crippen LogP contribution < -0.4 is 5.32 Å². The molecule has 0 bridgehead atoms. The van der Waals surface area contributed by atoms with Crippen molar-refractivity contribution in [2.24, 2.45) is 17.8 Å². The van der Waals surface area contributed by atoms with Crippen molar-refractivity contribution in [3.05, 3.63) is 0 Å². The Balaban J connectivity index is 1.74. The Morgan fingerprint density at radius 1 is 1.06 bits per heavy atom. The molecule has 2 heterocycles. The van der Waals surface area contributed by atoms with Gasteiger partial charge in [-0.15, -0.1) is 0 Å². The Bertz CT molecular complexity index is 289. The average molecular weight is 363 g/mol. The standard InChI is InChI=1S/C16H30IN/c1-4-12-5-7-15-13-6-8-16(18-3)14(13)9-10-17(15)11(12)2/h11-16,18H,4-10H2,1-3H3/t11-,12-,13-,14-,15?,16?/m0/s1. The van der Waals surface area contributed by atoms with Gasteiger partial charge in [0.2, 0.25) is 0 Å². The van der Waals surface area contributed by atoms with Crippen molar-refractivity contribution in [3.63, 3.8) is 0 Å². The first-order valence-corrected chi connectivity index (χ1v) is 12.1. The van der Waals surface area contributed by atoms with Crippen LogP contribution in [0.2, 0.25) is 0 Å². The first kappa shape index (κ1) is 13.7. The van der Waals surface area contributed by atoms with Crippen LogP contribution in [0.1, 0.15) is 52.4 Å². The molecular weight excluding hydrogens is 333 g/mol. The third-order valence-electron chi connectivity index (χ3n) is 6.16. The molecule has 106 valence electrons. The Hall–Kier alpha value is 0.690. The van der Waals surface area contributed by atoms with Gasteiger partial charge in [0.05, 0.1) is 0 Å². The molecule has 2 aliphatic heterocycles. The van der Waals surface area contributed by atoms with Gasteiger partial charge in [-0.3, -0.25) is 0 Å². The number of nitrogens with one attached hydrogen (secondary N) is 1. The van der Waals surface area contributed by atoms with Gasteiger partial charge in [0.25, 0.3) is 0 Å². The molecular formula is C16H30IN. The van der Waals surface area contributed by atoms with Crippen LogP contribution in [-0.2, 0) is 0 Å². The average Bonchev–Trinajstić information content (AvgIpc) is 2.82. The van der Waals surface area contributed by atoms with Gasteiger partial charge in [0, 0.05) is 0 Å². The Morgan fingerprint density at radius 3 is 2.61 bits per heavy atom. The van der Waals surface area contributed by atoms with Gasteiger partial charge in [-0.25, -0.2) is 0 Å². The number of hydrogen-bond donors (Lipinski definition) is 1. The van der Waals surface area contributed by atoms with Gasteiger partial charge in [-0.05, 0) is 0 Å². The minimum absolute atomic E-state index is 0.637. The molecule has 0 aromatic carbocycles. The molecule has 1 aliphatic carbocycles. The summed E-state index contributed by atoms with van der Waals surface area (Å²) >= 11 is -0.637. The second-order valence-corrected chi connectivity index (χ2v) is 13.8. The number of hydrogen-bond acceptors (Lipinski definition) is 1. The summed E-state index contributed by atoms with van der Waals surface area (Å²) in [5.74, 6) is 3.30. The predicted octanol–water partition coefficient (Wildman–Crippen LogP) is 4.09. The summed E-state index contributed by atoms with van der Waals surface area (Å²) in [6.07, 6.45) is 9.23. The Kier molecular flexibility index (Phi) is 4.24. The number of fused-ring (bicyclic) bond motifs is 3. The Labute approximate surface area is 120 Å². The van der Waals surface area contributed by atoms with E-state index in [0.717, 1.165) is 27.7 Å². The van der Waals surface area contributed by atoms with Crippen LogP contribution in [0.4, 0.5) is 0 Å².